The molecule has 0 spiro atoms. The summed E-state index contributed by atoms with van der Waals surface area (Å²) in [5, 5.41) is 6.97. The molecule has 3 nitrogen and oxygen atoms in total. The van der Waals surface area contributed by atoms with Gasteiger partial charge in [0.1, 0.15) is 0 Å². The summed E-state index contributed by atoms with van der Waals surface area (Å²) in [5.74, 6) is 0. The van der Waals surface area contributed by atoms with Crippen molar-refractivity contribution in [2.24, 2.45) is 5.73 Å². The van der Waals surface area contributed by atoms with E-state index in [0.717, 1.165) is 10.6 Å². The minimum atomic E-state index is -0.201. The predicted octanol–water partition coefficient (Wildman–Crippen LogP) is 3.54. The van der Waals surface area contributed by atoms with Crippen molar-refractivity contribution in [3.8, 4) is 0 Å². The van der Waals surface area contributed by atoms with Crippen molar-refractivity contribution in [3.05, 3.63) is 38.8 Å². The van der Waals surface area contributed by atoms with Crippen LogP contribution in [0.2, 0.25) is 5.02 Å². The van der Waals surface area contributed by atoms with Crippen molar-refractivity contribution in [3.63, 3.8) is 0 Å². The molecule has 0 bridgehead atoms. The third-order valence-corrected chi connectivity index (χ3v) is 4.15. The maximum atomic E-state index is 6.31. The van der Waals surface area contributed by atoms with E-state index in [2.05, 4.69) is 37.3 Å². The van der Waals surface area contributed by atoms with Gasteiger partial charge in [-0.15, -0.1) is 11.3 Å². The van der Waals surface area contributed by atoms with Crippen LogP contribution in [0.1, 0.15) is 42.1 Å². The molecular weight excluding hydrogens is 254 g/mol. The van der Waals surface area contributed by atoms with Crippen molar-refractivity contribution in [1.29, 1.82) is 0 Å². The van der Waals surface area contributed by atoms with Gasteiger partial charge in [-0.1, -0.05) is 11.6 Å². The lowest BCUT2D eigenvalue weighted by Gasteiger charge is -2.17. The van der Waals surface area contributed by atoms with E-state index >= 15 is 0 Å². The first kappa shape index (κ1) is 12.6. The highest BCUT2D eigenvalue weighted by molar-refractivity contribution is 7.10. The van der Waals surface area contributed by atoms with Gasteiger partial charge in [0.15, 0.2) is 0 Å². The zero-order chi connectivity index (χ0) is 12.6. The van der Waals surface area contributed by atoms with E-state index in [1.165, 1.54) is 5.56 Å². The molecule has 2 rings (SSSR count). The largest absolute Gasteiger partial charge is 0.318 e. The summed E-state index contributed by atoms with van der Waals surface area (Å²) >= 11 is 7.85. The fourth-order valence-corrected chi connectivity index (χ4v) is 3.06. The molecule has 17 heavy (non-hydrogen) atoms. The number of nitrogens with zero attached hydrogens (tertiary/aromatic N) is 2. The second-order valence-corrected chi connectivity index (χ2v) is 5.72. The number of halogens is 1. The summed E-state index contributed by atoms with van der Waals surface area (Å²) in [6, 6.07) is 2.13. The minimum Gasteiger partial charge on any atom is -0.318 e. The Labute approximate surface area is 110 Å². The smallest absolute Gasteiger partial charge is 0.0838 e. The molecule has 5 heteroatoms. The van der Waals surface area contributed by atoms with Gasteiger partial charge >= 0.3 is 0 Å². The molecule has 2 aromatic heterocycles. The maximum absolute atomic E-state index is 6.31. The molecule has 92 valence electrons. The summed E-state index contributed by atoms with van der Waals surface area (Å²) in [4.78, 5) is 1.15. The summed E-state index contributed by atoms with van der Waals surface area (Å²) in [7, 11) is 0. The molecule has 2 heterocycles. The van der Waals surface area contributed by atoms with Gasteiger partial charge in [-0.2, -0.15) is 5.10 Å². The number of aromatic nitrogens is 2. The summed E-state index contributed by atoms with van der Waals surface area (Å²) in [6.07, 6.45) is 1.67. The van der Waals surface area contributed by atoms with Crippen molar-refractivity contribution >= 4 is 22.9 Å². The van der Waals surface area contributed by atoms with E-state index in [-0.39, 0.29) is 12.1 Å². The normalized spacial score (nSPS) is 13.3. The van der Waals surface area contributed by atoms with Crippen LogP contribution in [0.4, 0.5) is 0 Å². The van der Waals surface area contributed by atoms with E-state index in [1.54, 1.807) is 17.5 Å². The number of hydrogen-bond donors (Lipinski definition) is 1. The maximum Gasteiger partial charge on any atom is 0.0838 e. The Balaban J connectivity index is 2.47. The Kier molecular flexibility index (Phi) is 3.56. The van der Waals surface area contributed by atoms with Gasteiger partial charge < -0.3 is 5.73 Å². The zero-order valence-electron chi connectivity index (χ0n) is 10.1. The molecule has 0 radical (unpaired) electrons. The first-order valence-corrected chi connectivity index (χ1v) is 6.80. The average molecular weight is 270 g/mol. The third kappa shape index (κ3) is 2.25. The van der Waals surface area contributed by atoms with E-state index in [9.17, 15) is 0 Å². The van der Waals surface area contributed by atoms with Crippen molar-refractivity contribution in [2.75, 3.05) is 0 Å². The fourth-order valence-electron chi connectivity index (χ4n) is 1.88. The van der Waals surface area contributed by atoms with Gasteiger partial charge in [-0.05, 0) is 37.8 Å². The molecule has 0 aromatic carbocycles. The molecule has 0 aliphatic rings. The molecule has 1 unspecified atom stereocenters. The van der Waals surface area contributed by atoms with E-state index in [4.69, 9.17) is 17.3 Å². The highest BCUT2D eigenvalue weighted by Gasteiger charge is 2.22. The quantitative estimate of drug-likeness (QED) is 0.926. The molecule has 0 aliphatic heterocycles. The van der Waals surface area contributed by atoms with Crippen LogP contribution in [0.15, 0.2) is 17.6 Å². The first-order valence-electron chi connectivity index (χ1n) is 5.54. The van der Waals surface area contributed by atoms with Crippen molar-refractivity contribution < 1.29 is 0 Å². The highest BCUT2D eigenvalue weighted by Crippen LogP contribution is 2.32. The Morgan fingerprint density at radius 1 is 1.47 bits per heavy atom. The van der Waals surface area contributed by atoms with Crippen LogP contribution in [0, 0.1) is 6.92 Å². The number of nitrogens with two attached hydrogens (primary N) is 1. The van der Waals surface area contributed by atoms with Gasteiger partial charge in [0.2, 0.25) is 0 Å². The Bertz CT molecular complexity index is 516. The Hall–Kier alpha value is -0.840. The third-order valence-electron chi connectivity index (χ3n) is 2.75. The molecule has 0 fully saturated rings. The molecular formula is C12H16ClN3S. The van der Waals surface area contributed by atoms with Crippen LogP contribution in [0.5, 0.6) is 0 Å². The van der Waals surface area contributed by atoms with Crippen LogP contribution < -0.4 is 5.73 Å². The Morgan fingerprint density at radius 2 is 2.18 bits per heavy atom. The average Bonchev–Trinajstić information content (AvgIpc) is 2.83. The standard InChI is InChI=1S/C12H16ClN3S/c1-7(2)16-11(9(13)6-15-16)10(14)12-8(3)4-5-17-12/h4-7,10H,14H2,1-3H3. The van der Waals surface area contributed by atoms with E-state index < -0.39 is 0 Å². The monoisotopic (exact) mass is 269 g/mol. The summed E-state index contributed by atoms with van der Waals surface area (Å²) in [6.45, 7) is 6.21. The second-order valence-electron chi connectivity index (χ2n) is 4.36. The molecule has 0 aliphatic carbocycles. The van der Waals surface area contributed by atoms with Gasteiger partial charge in [-0.3, -0.25) is 4.68 Å². The number of thiophene rings is 1. The van der Waals surface area contributed by atoms with Gasteiger partial charge in [0, 0.05) is 10.9 Å². The lowest BCUT2D eigenvalue weighted by Crippen LogP contribution is -2.18. The number of aryl methyl sites for hydroxylation is 1. The summed E-state index contributed by atoms with van der Waals surface area (Å²) < 4.78 is 1.90. The lowest BCUT2D eigenvalue weighted by molar-refractivity contribution is 0.500. The highest BCUT2D eigenvalue weighted by atomic mass is 35.5. The van der Waals surface area contributed by atoms with E-state index in [0.29, 0.717) is 5.02 Å². The fraction of sp³-hybridized carbons (Fsp3) is 0.417. The van der Waals surface area contributed by atoms with E-state index in [1.807, 2.05) is 4.68 Å². The molecule has 0 amide bonds. The lowest BCUT2D eigenvalue weighted by atomic mass is 10.1. The molecule has 0 saturated heterocycles. The van der Waals surface area contributed by atoms with Crippen molar-refractivity contribution in [2.45, 2.75) is 32.9 Å². The number of hydrogen-bond acceptors (Lipinski definition) is 3. The molecule has 2 aromatic rings. The first-order chi connectivity index (χ1) is 8.02. The second kappa shape index (κ2) is 4.80. The van der Waals surface area contributed by atoms with Gasteiger partial charge in [0.25, 0.3) is 0 Å². The van der Waals surface area contributed by atoms with Crippen LogP contribution in [0.25, 0.3) is 0 Å². The van der Waals surface area contributed by atoms with Crippen LogP contribution in [-0.4, -0.2) is 9.78 Å². The van der Waals surface area contributed by atoms with Crippen LogP contribution in [-0.2, 0) is 0 Å². The Morgan fingerprint density at radius 3 is 2.71 bits per heavy atom. The molecule has 0 saturated carbocycles. The van der Waals surface area contributed by atoms with Gasteiger partial charge in [0.05, 0.1) is 23.0 Å². The van der Waals surface area contributed by atoms with Crippen molar-refractivity contribution in [1.82, 2.24) is 9.78 Å². The topological polar surface area (TPSA) is 43.8 Å². The van der Waals surface area contributed by atoms with Crippen LogP contribution >= 0.6 is 22.9 Å². The number of rotatable bonds is 3. The zero-order valence-corrected chi connectivity index (χ0v) is 11.7. The molecule has 1 atom stereocenters. The molecule has 2 N–H and O–H groups in total. The summed E-state index contributed by atoms with van der Waals surface area (Å²) in [5.41, 5.74) is 8.41. The SMILES string of the molecule is Cc1ccsc1C(N)c1c(Cl)cnn1C(C)C. The van der Waals surface area contributed by atoms with Crippen LogP contribution in [0.3, 0.4) is 0 Å². The predicted molar refractivity (Wildman–Crippen MR) is 72.7 cm³/mol. The minimum absolute atomic E-state index is 0.201. The van der Waals surface area contributed by atoms with Gasteiger partial charge in [-0.25, -0.2) is 0 Å².